The molecular weight excluding hydrogens is 240 g/mol. The molecular formula is C9H20N4O3Si. The highest BCUT2D eigenvalue weighted by atomic mass is 28.4. The second kappa shape index (κ2) is 6.10. The van der Waals surface area contributed by atoms with Gasteiger partial charge in [-0.3, -0.25) is 0 Å². The van der Waals surface area contributed by atoms with Crippen molar-refractivity contribution >= 4 is 14.9 Å². The number of nitrogens with zero attached hydrogens (tertiary/aromatic N) is 3. The zero-order valence-corrected chi connectivity index (χ0v) is 11.8. The third-order valence-electron chi connectivity index (χ3n) is 2.02. The molecule has 0 aliphatic carbocycles. The molecule has 0 saturated carbocycles. The van der Waals surface area contributed by atoms with E-state index in [0.717, 1.165) is 0 Å². The van der Waals surface area contributed by atoms with Crippen LogP contribution in [0.1, 0.15) is 26.6 Å². The normalized spacial score (nSPS) is 12.0. The smallest absolute Gasteiger partial charge is 0.367 e. The van der Waals surface area contributed by atoms with Gasteiger partial charge in [0.25, 0.3) is 0 Å². The van der Waals surface area contributed by atoms with Crippen LogP contribution in [0.4, 0.5) is 5.95 Å². The van der Waals surface area contributed by atoms with Crippen molar-refractivity contribution in [3.63, 3.8) is 0 Å². The van der Waals surface area contributed by atoms with Gasteiger partial charge >= 0.3 is 8.97 Å². The van der Waals surface area contributed by atoms with Gasteiger partial charge in [0, 0.05) is 19.8 Å². The summed E-state index contributed by atoms with van der Waals surface area (Å²) in [5.74, 6) is 0.822. The van der Waals surface area contributed by atoms with Crippen molar-refractivity contribution in [1.82, 2.24) is 14.4 Å². The lowest BCUT2D eigenvalue weighted by Crippen LogP contribution is -2.54. The van der Waals surface area contributed by atoms with E-state index in [-0.39, 0.29) is 5.95 Å². The Morgan fingerprint density at radius 2 is 1.59 bits per heavy atom. The highest BCUT2D eigenvalue weighted by Crippen LogP contribution is 2.15. The monoisotopic (exact) mass is 260 g/mol. The van der Waals surface area contributed by atoms with Crippen LogP contribution < -0.4 is 5.73 Å². The van der Waals surface area contributed by atoms with Gasteiger partial charge in [-0.2, -0.15) is 4.98 Å². The van der Waals surface area contributed by atoms with Crippen molar-refractivity contribution in [2.75, 3.05) is 25.6 Å². The number of hydrogen-bond donors (Lipinski definition) is 1. The number of anilines is 1. The molecule has 0 amide bonds. The Balaban J connectivity index is 3.13. The van der Waals surface area contributed by atoms with Crippen molar-refractivity contribution in [3.05, 3.63) is 5.82 Å². The van der Waals surface area contributed by atoms with E-state index in [2.05, 4.69) is 10.1 Å². The minimum atomic E-state index is -3.03. The molecule has 0 saturated heterocycles. The van der Waals surface area contributed by atoms with Crippen molar-refractivity contribution in [2.45, 2.75) is 27.7 Å². The fourth-order valence-electron chi connectivity index (χ4n) is 1.53. The summed E-state index contributed by atoms with van der Waals surface area (Å²) < 4.78 is 18.6. The van der Waals surface area contributed by atoms with Gasteiger partial charge < -0.3 is 19.0 Å². The minimum absolute atomic E-state index is 0.193. The molecule has 0 aliphatic rings. The van der Waals surface area contributed by atoms with Crippen LogP contribution in [0.3, 0.4) is 0 Å². The van der Waals surface area contributed by atoms with Crippen LogP contribution in [0.25, 0.3) is 0 Å². The minimum Gasteiger partial charge on any atom is -0.367 e. The van der Waals surface area contributed by atoms with Gasteiger partial charge in [-0.15, -0.1) is 5.10 Å². The topological polar surface area (TPSA) is 84.4 Å². The van der Waals surface area contributed by atoms with Crippen LogP contribution in [-0.2, 0) is 13.3 Å². The highest BCUT2D eigenvalue weighted by Gasteiger charge is 2.47. The van der Waals surface area contributed by atoms with Gasteiger partial charge in [-0.25, -0.2) is 4.35 Å². The number of rotatable bonds is 7. The average molecular weight is 260 g/mol. The van der Waals surface area contributed by atoms with E-state index < -0.39 is 8.97 Å². The Hall–Kier alpha value is -0.963. The highest BCUT2D eigenvalue weighted by molar-refractivity contribution is 6.58. The quantitative estimate of drug-likeness (QED) is 0.721. The summed E-state index contributed by atoms with van der Waals surface area (Å²) in [6.45, 7) is 8.88. The molecule has 0 aromatic carbocycles. The van der Waals surface area contributed by atoms with E-state index in [9.17, 15) is 0 Å². The number of hydrogen-bond acceptors (Lipinski definition) is 6. The molecule has 98 valence electrons. The van der Waals surface area contributed by atoms with Crippen LogP contribution in [0.2, 0.25) is 0 Å². The third kappa shape index (κ3) is 3.03. The molecule has 0 aliphatic heterocycles. The molecule has 0 radical (unpaired) electrons. The average Bonchev–Trinajstić information content (AvgIpc) is 2.59. The van der Waals surface area contributed by atoms with Gasteiger partial charge in [0.05, 0.1) is 0 Å². The summed E-state index contributed by atoms with van der Waals surface area (Å²) in [6.07, 6.45) is 0. The SMILES string of the molecule is CCO[Si](OCC)(OCC)n1nc(N)nc1C. The van der Waals surface area contributed by atoms with Crippen LogP contribution in [0.15, 0.2) is 0 Å². The van der Waals surface area contributed by atoms with Crippen LogP contribution in [0, 0.1) is 6.92 Å². The molecule has 0 atom stereocenters. The zero-order chi connectivity index (χ0) is 12.9. The lowest BCUT2D eigenvalue weighted by atomic mass is 10.7. The maximum atomic E-state index is 5.69. The standard InChI is InChI=1S/C9H20N4O3Si/c1-5-14-17(15-6-2,16-7-3)13-8(4)11-9(10)12-13/h5-7H2,1-4H3,(H2,10,12). The number of nitrogens with two attached hydrogens (primary N) is 1. The van der Waals surface area contributed by atoms with Crippen molar-refractivity contribution < 1.29 is 13.3 Å². The molecule has 0 unspecified atom stereocenters. The van der Waals surface area contributed by atoms with Crippen molar-refractivity contribution in [2.24, 2.45) is 0 Å². The van der Waals surface area contributed by atoms with Crippen LogP contribution in [0.5, 0.6) is 0 Å². The molecule has 17 heavy (non-hydrogen) atoms. The van der Waals surface area contributed by atoms with Gasteiger partial charge in [0.1, 0.15) is 5.82 Å². The van der Waals surface area contributed by atoms with E-state index in [4.69, 9.17) is 19.0 Å². The number of aryl methyl sites for hydroxylation is 1. The molecule has 0 bridgehead atoms. The Morgan fingerprint density at radius 1 is 1.12 bits per heavy atom. The van der Waals surface area contributed by atoms with E-state index in [1.54, 1.807) is 11.3 Å². The molecule has 1 rings (SSSR count). The predicted octanol–water partition coefficient (Wildman–Crippen LogP) is 0.562. The molecule has 1 aromatic heterocycles. The first kappa shape index (κ1) is 14.1. The largest absolute Gasteiger partial charge is 0.656 e. The fourth-order valence-corrected chi connectivity index (χ4v) is 3.91. The van der Waals surface area contributed by atoms with Crippen LogP contribution in [-0.4, -0.2) is 43.2 Å². The maximum Gasteiger partial charge on any atom is 0.656 e. The summed E-state index contributed by atoms with van der Waals surface area (Å²) in [4.78, 5) is 4.05. The summed E-state index contributed by atoms with van der Waals surface area (Å²) in [5, 5.41) is 4.11. The second-order valence-corrected chi connectivity index (χ2v) is 5.59. The fraction of sp³-hybridized carbons (Fsp3) is 0.778. The molecule has 0 fully saturated rings. The van der Waals surface area contributed by atoms with E-state index in [1.807, 2.05) is 20.8 Å². The first-order valence-electron chi connectivity index (χ1n) is 5.71. The summed E-state index contributed by atoms with van der Waals surface area (Å²) in [6, 6.07) is 0. The Morgan fingerprint density at radius 3 is 1.88 bits per heavy atom. The molecule has 7 nitrogen and oxygen atoms in total. The number of nitrogen functional groups attached to an aromatic ring is 1. The summed E-state index contributed by atoms with van der Waals surface area (Å²) >= 11 is 0. The second-order valence-electron chi connectivity index (χ2n) is 3.25. The Kier molecular flexibility index (Phi) is 5.06. The van der Waals surface area contributed by atoms with Crippen molar-refractivity contribution in [3.8, 4) is 0 Å². The molecule has 1 aromatic rings. The van der Waals surface area contributed by atoms with Crippen molar-refractivity contribution in [1.29, 1.82) is 0 Å². The van der Waals surface area contributed by atoms with E-state index in [1.165, 1.54) is 0 Å². The van der Waals surface area contributed by atoms with Crippen LogP contribution >= 0.6 is 0 Å². The molecule has 0 spiro atoms. The summed E-state index contributed by atoms with van der Waals surface area (Å²) in [5.41, 5.74) is 5.58. The lowest BCUT2D eigenvalue weighted by Gasteiger charge is -2.27. The maximum absolute atomic E-state index is 5.69. The molecule has 1 heterocycles. The molecule has 8 heteroatoms. The summed E-state index contributed by atoms with van der Waals surface area (Å²) in [7, 11) is -3.03. The van der Waals surface area contributed by atoms with E-state index >= 15 is 0 Å². The zero-order valence-electron chi connectivity index (χ0n) is 10.8. The van der Waals surface area contributed by atoms with Gasteiger partial charge in [-0.05, 0) is 27.7 Å². The molecule has 2 N–H and O–H groups in total. The predicted molar refractivity (Wildman–Crippen MR) is 65.2 cm³/mol. The van der Waals surface area contributed by atoms with Gasteiger partial charge in [0.2, 0.25) is 5.95 Å². The first-order chi connectivity index (χ1) is 8.09. The first-order valence-corrected chi connectivity index (χ1v) is 7.38. The van der Waals surface area contributed by atoms with Gasteiger partial charge in [0.15, 0.2) is 0 Å². The Labute approximate surface area is 102 Å². The van der Waals surface area contributed by atoms with E-state index in [0.29, 0.717) is 25.6 Å². The van der Waals surface area contributed by atoms with Gasteiger partial charge in [-0.1, -0.05) is 0 Å². The Bertz CT molecular complexity index is 341. The third-order valence-corrected chi connectivity index (χ3v) is 4.93. The number of aromatic nitrogens is 3. The lowest BCUT2D eigenvalue weighted by molar-refractivity contribution is 0.0572.